The molecule has 0 aromatic rings. The van der Waals surface area contributed by atoms with Crippen molar-refractivity contribution < 1.29 is 4.79 Å². The van der Waals surface area contributed by atoms with Crippen molar-refractivity contribution in [2.75, 3.05) is 6.54 Å². The fraction of sp³-hybridized carbons (Fsp3) is 0.923. The highest BCUT2D eigenvalue weighted by Crippen LogP contribution is 2.30. The summed E-state index contributed by atoms with van der Waals surface area (Å²) in [4.78, 5) is 11.8. The molecule has 0 atom stereocenters. The maximum Gasteiger partial charge on any atom is 0.240 e. The molecule has 2 aliphatic rings. The van der Waals surface area contributed by atoms with Crippen LogP contribution in [0.15, 0.2) is 0 Å². The molecule has 2 fully saturated rings. The molecular formula is C13H25ClN2O. The monoisotopic (exact) mass is 260 g/mol. The Balaban J connectivity index is 0.00000144. The average molecular weight is 261 g/mol. The molecule has 2 aliphatic carbocycles. The quantitative estimate of drug-likeness (QED) is 0.818. The van der Waals surface area contributed by atoms with Crippen LogP contribution in [0.5, 0.6) is 0 Å². The van der Waals surface area contributed by atoms with Crippen molar-refractivity contribution in [3.63, 3.8) is 0 Å². The molecule has 0 bridgehead atoms. The van der Waals surface area contributed by atoms with Gasteiger partial charge in [-0.05, 0) is 43.9 Å². The summed E-state index contributed by atoms with van der Waals surface area (Å²) in [5.41, 5.74) is 5.45. The first kappa shape index (κ1) is 14.8. The SMILES string of the molecule is CC1CCC(CNC(=O)C2(N)CCC2)CC1.Cl. The summed E-state index contributed by atoms with van der Waals surface area (Å²) in [6, 6.07) is 0. The Kier molecular flexibility index (Phi) is 5.26. The lowest BCUT2D eigenvalue weighted by Crippen LogP contribution is -2.59. The number of amides is 1. The number of rotatable bonds is 3. The Labute approximate surface area is 110 Å². The number of carbonyl (C=O) groups excluding carboxylic acids is 1. The van der Waals surface area contributed by atoms with Crippen molar-refractivity contribution >= 4 is 18.3 Å². The highest BCUT2D eigenvalue weighted by atomic mass is 35.5. The third-order valence-corrected chi connectivity index (χ3v) is 4.38. The van der Waals surface area contributed by atoms with E-state index >= 15 is 0 Å². The first-order valence-electron chi connectivity index (χ1n) is 6.67. The zero-order valence-corrected chi connectivity index (χ0v) is 11.5. The van der Waals surface area contributed by atoms with Crippen LogP contribution in [-0.4, -0.2) is 18.0 Å². The van der Waals surface area contributed by atoms with E-state index in [-0.39, 0.29) is 18.3 Å². The van der Waals surface area contributed by atoms with Gasteiger partial charge in [-0.1, -0.05) is 19.8 Å². The molecule has 4 heteroatoms. The van der Waals surface area contributed by atoms with E-state index in [0.717, 1.165) is 31.7 Å². The largest absolute Gasteiger partial charge is 0.354 e. The second-order valence-corrected chi connectivity index (χ2v) is 5.85. The molecule has 0 aromatic carbocycles. The second-order valence-electron chi connectivity index (χ2n) is 5.85. The predicted molar refractivity (Wildman–Crippen MR) is 72.1 cm³/mol. The van der Waals surface area contributed by atoms with Gasteiger partial charge in [0.2, 0.25) is 5.91 Å². The van der Waals surface area contributed by atoms with Crippen LogP contribution >= 0.6 is 12.4 Å². The first-order valence-corrected chi connectivity index (χ1v) is 6.67. The van der Waals surface area contributed by atoms with Gasteiger partial charge in [0.25, 0.3) is 0 Å². The zero-order chi connectivity index (χ0) is 11.6. The van der Waals surface area contributed by atoms with Crippen LogP contribution in [0.4, 0.5) is 0 Å². The molecule has 0 aliphatic heterocycles. The summed E-state index contributed by atoms with van der Waals surface area (Å²) < 4.78 is 0. The van der Waals surface area contributed by atoms with Gasteiger partial charge in [0, 0.05) is 6.54 Å². The lowest BCUT2D eigenvalue weighted by molar-refractivity contribution is -0.129. The maximum atomic E-state index is 11.8. The first-order chi connectivity index (χ1) is 7.60. The van der Waals surface area contributed by atoms with Gasteiger partial charge in [-0.25, -0.2) is 0 Å². The molecule has 3 N–H and O–H groups in total. The van der Waals surface area contributed by atoms with Crippen LogP contribution in [0.3, 0.4) is 0 Å². The van der Waals surface area contributed by atoms with Crippen molar-refractivity contribution in [3.05, 3.63) is 0 Å². The lowest BCUT2D eigenvalue weighted by atomic mass is 9.76. The van der Waals surface area contributed by atoms with Gasteiger partial charge in [-0.2, -0.15) is 0 Å². The predicted octanol–water partition coefficient (Wildman–Crippen LogP) is 2.23. The van der Waals surface area contributed by atoms with Crippen molar-refractivity contribution in [1.29, 1.82) is 0 Å². The number of nitrogens with two attached hydrogens (primary N) is 1. The molecule has 0 saturated heterocycles. The summed E-state index contributed by atoms with van der Waals surface area (Å²) in [7, 11) is 0. The van der Waals surface area contributed by atoms with E-state index in [2.05, 4.69) is 12.2 Å². The van der Waals surface area contributed by atoms with E-state index in [1.54, 1.807) is 0 Å². The van der Waals surface area contributed by atoms with Crippen molar-refractivity contribution in [2.24, 2.45) is 17.6 Å². The molecule has 2 rings (SSSR count). The summed E-state index contributed by atoms with van der Waals surface area (Å²) in [6.07, 6.45) is 7.98. The van der Waals surface area contributed by atoms with E-state index in [4.69, 9.17) is 5.73 Å². The standard InChI is InChI=1S/C13H24N2O.ClH/c1-10-3-5-11(6-4-10)9-15-12(16)13(14)7-2-8-13;/h10-11H,2-9,14H2,1H3,(H,15,16);1H. The Morgan fingerprint density at radius 3 is 2.35 bits per heavy atom. The van der Waals surface area contributed by atoms with Crippen molar-refractivity contribution in [3.8, 4) is 0 Å². The average Bonchev–Trinajstić information content (AvgIpc) is 2.24. The van der Waals surface area contributed by atoms with Gasteiger partial charge in [0.05, 0.1) is 5.54 Å². The topological polar surface area (TPSA) is 55.1 Å². The molecule has 0 spiro atoms. The van der Waals surface area contributed by atoms with Gasteiger partial charge in [0.1, 0.15) is 0 Å². The fourth-order valence-corrected chi connectivity index (χ4v) is 2.73. The minimum absolute atomic E-state index is 0. The Hall–Kier alpha value is -0.280. The number of nitrogens with one attached hydrogen (secondary N) is 1. The molecule has 3 nitrogen and oxygen atoms in total. The van der Waals surface area contributed by atoms with E-state index in [0.29, 0.717) is 5.92 Å². The molecular weight excluding hydrogens is 236 g/mol. The van der Waals surface area contributed by atoms with Crippen molar-refractivity contribution in [2.45, 2.75) is 57.4 Å². The minimum atomic E-state index is -0.526. The summed E-state index contributed by atoms with van der Waals surface area (Å²) in [5, 5.41) is 3.05. The van der Waals surface area contributed by atoms with E-state index < -0.39 is 5.54 Å². The summed E-state index contributed by atoms with van der Waals surface area (Å²) in [5.74, 6) is 1.64. The maximum absolute atomic E-state index is 11.8. The van der Waals surface area contributed by atoms with E-state index in [1.165, 1.54) is 25.7 Å². The molecule has 0 unspecified atom stereocenters. The van der Waals surface area contributed by atoms with Crippen molar-refractivity contribution in [1.82, 2.24) is 5.32 Å². The fourth-order valence-electron chi connectivity index (χ4n) is 2.73. The number of carbonyl (C=O) groups is 1. The molecule has 0 aromatic heterocycles. The van der Waals surface area contributed by atoms with Crippen LogP contribution in [0.1, 0.15) is 51.9 Å². The van der Waals surface area contributed by atoms with Gasteiger partial charge >= 0.3 is 0 Å². The minimum Gasteiger partial charge on any atom is -0.354 e. The van der Waals surface area contributed by atoms with Gasteiger partial charge < -0.3 is 11.1 Å². The number of hydrogen-bond acceptors (Lipinski definition) is 2. The van der Waals surface area contributed by atoms with Gasteiger partial charge in [0.15, 0.2) is 0 Å². The van der Waals surface area contributed by atoms with Crippen LogP contribution in [0.2, 0.25) is 0 Å². The Morgan fingerprint density at radius 1 is 1.29 bits per heavy atom. The molecule has 0 heterocycles. The molecule has 2 saturated carbocycles. The summed E-state index contributed by atoms with van der Waals surface area (Å²) >= 11 is 0. The summed E-state index contributed by atoms with van der Waals surface area (Å²) in [6.45, 7) is 3.16. The smallest absolute Gasteiger partial charge is 0.240 e. The van der Waals surface area contributed by atoms with Crippen LogP contribution in [0, 0.1) is 11.8 Å². The van der Waals surface area contributed by atoms with Crippen LogP contribution in [-0.2, 0) is 4.79 Å². The zero-order valence-electron chi connectivity index (χ0n) is 10.7. The third kappa shape index (κ3) is 3.59. The third-order valence-electron chi connectivity index (χ3n) is 4.38. The molecule has 1 amide bonds. The Morgan fingerprint density at radius 2 is 1.88 bits per heavy atom. The highest BCUT2D eigenvalue weighted by molar-refractivity contribution is 5.87. The number of halogens is 1. The van der Waals surface area contributed by atoms with Crippen LogP contribution in [0.25, 0.3) is 0 Å². The molecule has 100 valence electrons. The highest BCUT2D eigenvalue weighted by Gasteiger charge is 2.40. The normalized spacial score (nSPS) is 30.9. The number of hydrogen-bond donors (Lipinski definition) is 2. The second kappa shape index (κ2) is 6.05. The molecule has 0 radical (unpaired) electrons. The Bertz CT molecular complexity index is 258. The van der Waals surface area contributed by atoms with Gasteiger partial charge in [-0.15, -0.1) is 12.4 Å². The molecule has 17 heavy (non-hydrogen) atoms. The van der Waals surface area contributed by atoms with Gasteiger partial charge in [-0.3, -0.25) is 4.79 Å². The lowest BCUT2D eigenvalue weighted by Gasteiger charge is -2.37. The van der Waals surface area contributed by atoms with Crippen LogP contribution < -0.4 is 11.1 Å². The van der Waals surface area contributed by atoms with E-state index in [1.807, 2.05) is 0 Å². The van der Waals surface area contributed by atoms with E-state index in [9.17, 15) is 4.79 Å².